The molecule has 0 radical (unpaired) electrons. The molecular weight excluding hydrogens is 1230 g/mol. The molecule has 9 atom stereocenters. The largest absolute Gasteiger partial charge is 0.480 e. The average molecular weight is 1330 g/mol. The fourth-order valence-electron chi connectivity index (χ4n) is 7.93. The summed E-state index contributed by atoms with van der Waals surface area (Å²) in [6.07, 6.45) is 8.27. The second kappa shape index (κ2) is 46.9. The number of aliphatic hydroxyl groups is 1. The number of nitrogens with zero attached hydrogens (tertiary/aromatic N) is 1. The summed E-state index contributed by atoms with van der Waals surface area (Å²) < 4.78 is 14.4. The van der Waals surface area contributed by atoms with Crippen LogP contribution in [0.3, 0.4) is 0 Å². The van der Waals surface area contributed by atoms with E-state index in [-0.39, 0.29) is 24.7 Å². The van der Waals surface area contributed by atoms with Crippen molar-refractivity contribution in [2.45, 2.75) is 152 Å². The van der Waals surface area contributed by atoms with E-state index in [2.05, 4.69) is 9.73 Å². The van der Waals surface area contributed by atoms with Crippen LogP contribution in [0, 0.1) is 11.8 Å². The number of benzene rings is 4. The number of ether oxygens (including phenoxy) is 3. The van der Waals surface area contributed by atoms with Gasteiger partial charge in [-0.2, -0.15) is 0 Å². The molecule has 1 aliphatic carbocycles. The molecule has 1 fully saturated rings. The Bertz CT molecular complexity index is 3010. The maximum atomic E-state index is 11.9. The molecule has 29 N–H and O–H groups in total. The molecule has 5 rings (SSSR count). The third kappa shape index (κ3) is 39.3. The molecule has 4 aromatic rings. The minimum absolute atomic E-state index is 0.0704. The fourth-order valence-corrected chi connectivity index (χ4v) is 7.93. The SMILES string of the molecule is CC(C)C[C@H](N)C(=O)Oc1ccc(C[C@H](N)C(=O)OC[C@@H](N)C(=O)O)cc1.NC(N)=NCCC[C@@H](N)C(=O)OC(=O)C[C@@H](N)C(=O)O.N[C@@H](CC1CCCCC1)C(=O)O.N[C@@H](CO)C(=O)O.N[C@@H](Cc1ccc2ccccc2c1)C(=O)O.N[C@@H](Cc1ccccc1)C(=O)O. The van der Waals surface area contributed by atoms with Gasteiger partial charge in [-0.1, -0.05) is 131 Å². The highest BCUT2D eigenvalue weighted by Crippen LogP contribution is 2.27. The van der Waals surface area contributed by atoms with Gasteiger partial charge in [-0.15, -0.1) is 0 Å². The van der Waals surface area contributed by atoms with Crippen molar-refractivity contribution >= 4 is 76.4 Å². The highest BCUT2D eigenvalue weighted by Gasteiger charge is 2.25. The van der Waals surface area contributed by atoms with Crippen molar-refractivity contribution in [1.29, 1.82) is 0 Å². The van der Waals surface area contributed by atoms with Crippen LogP contribution in [0.2, 0.25) is 0 Å². The lowest BCUT2D eigenvalue weighted by molar-refractivity contribution is -0.162. The number of guanidine groups is 1. The fraction of sp³-hybridized carbons (Fsp3) is 0.468. The highest BCUT2D eigenvalue weighted by molar-refractivity contribution is 5.90. The molecule has 0 heterocycles. The summed E-state index contributed by atoms with van der Waals surface area (Å²) in [6.45, 7) is 3.26. The van der Waals surface area contributed by atoms with Gasteiger partial charge in [-0.25, -0.2) is 9.59 Å². The molecule has 0 saturated heterocycles. The number of hydrogen-bond acceptors (Lipinski definition) is 24. The Balaban J connectivity index is 0.00000115. The van der Waals surface area contributed by atoms with Crippen LogP contribution in [0.5, 0.6) is 5.75 Å². The minimum atomic E-state index is -1.42. The van der Waals surface area contributed by atoms with Gasteiger partial charge in [0.2, 0.25) is 0 Å². The Hall–Kier alpha value is -9.09. The number of carboxylic acids is 6. The molecule has 1 saturated carbocycles. The van der Waals surface area contributed by atoms with Gasteiger partial charge < -0.3 is 113 Å². The summed E-state index contributed by atoms with van der Waals surface area (Å²) in [4.78, 5) is 112. The number of nitrogens with two attached hydrogens (primary N) is 11. The first kappa shape index (κ1) is 84.9. The van der Waals surface area contributed by atoms with Crippen LogP contribution in [0.4, 0.5) is 0 Å². The molecule has 522 valence electrons. The van der Waals surface area contributed by atoms with Gasteiger partial charge in [0.15, 0.2) is 5.96 Å². The molecule has 0 aliphatic heterocycles. The summed E-state index contributed by atoms with van der Waals surface area (Å²) in [5.74, 6) is -8.73. The Morgan fingerprint density at radius 1 is 0.500 bits per heavy atom. The van der Waals surface area contributed by atoms with Crippen LogP contribution in [-0.2, 0) is 76.7 Å². The number of aliphatic hydroxyl groups excluding tert-OH is 1. The topological polar surface area (TPSA) is 639 Å². The molecule has 0 unspecified atom stereocenters. The first-order valence-corrected chi connectivity index (χ1v) is 29.6. The molecule has 0 spiro atoms. The quantitative estimate of drug-likeness (QED) is 0.00792. The van der Waals surface area contributed by atoms with Gasteiger partial charge in [-0.05, 0) is 96.4 Å². The number of aliphatic imine (C=N–C) groups is 1. The number of carboxylic acid groups (broad SMARTS) is 6. The Kier molecular flexibility index (Phi) is 42.4. The second-order valence-corrected chi connectivity index (χ2v) is 22.0. The number of esters is 4. The van der Waals surface area contributed by atoms with Crippen LogP contribution >= 0.6 is 0 Å². The summed E-state index contributed by atoms with van der Waals surface area (Å²) in [7, 11) is 0. The lowest BCUT2D eigenvalue weighted by Crippen LogP contribution is -2.40. The number of hydrogen-bond donors (Lipinski definition) is 18. The lowest BCUT2D eigenvalue weighted by atomic mass is 9.85. The van der Waals surface area contributed by atoms with Crippen molar-refractivity contribution in [2.24, 2.45) is 79.9 Å². The van der Waals surface area contributed by atoms with Crippen LogP contribution in [-0.4, -0.2) is 176 Å². The van der Waals surface area contributed by atoms with Crippen molar-refractivity contribution in [2.75, 3.05) is 19.8 Å². The van der Waals surface area contributed by atoms with Crippen molar-refractivity contribution in [3.8, 4) is 5.75 Å². The predicted molar refractivity (Wildman–Crippen MR) is 345 cm³/mol. The van der Waals surface area contributed by atoms with Crippen molar-refractivity contribution < 1.29 is 97.9 Å². The normalized spacial score (nSPS) is 14.4. The summed E-state index contributed by atoms with van der Waals surface area (Å²) >= 11 is 0. The second-order valence-electron chi connectivity index (χ2n) is 22.0. The standard InChI is InChI=1S/C18H27N3O6.C13H13NO2.C10H19N5O5.C9H17NO2.C9H11NO2.C3H7NO3/c1-10(2)7-13(19)18(25)27-12-5-3-11(4-6-12)8-14(20)17(24)26-9-15(21)16(22)23;14-12(13(15)16)8-9-5-6-10-3-1-2-4-11(10)7-9;11-5(2-1-3-15-10(13)14)9(19)20-7(16)4-6(12)8(17)18;2*10-8(9(11)12)6-7-4-2-1-3-5-7;4-2(1-5)3(6)7/h3-6,10,13-15H,7-9,19-21H2,1-2H3,(H,22,23);1-7,12H,8,14H2,(H,15,16);5-6H,1-4,11-12H2,(H,17,18)(H4,13,14,15);7-8H,1-6,10H2,(H,11,12);1-5,8H,6,10H2,(H,11,12);2,5H,1,4H2,(H,6,7)/t13-,14-,15+;12-;5-,6-;2*8-;2-/m001000/s1. The van der Waals surface area contributed by atoms with Crippen LogP contribution < -0.4 is 67.8 Å². The molecule has 94 heavy (non-hydrogen) atoms. The summed E-state index contributed by atoms with van der Waals surface area (Å²) in [5.41, 5.74) is 61.3. The molecule has 0 aromatic heterocycles. The summed E-state index contributed by atoms with van der Waals surface area (Å²) in [5, 5.41) is 61.1. The maximum absolute atomic E-state index is 11.9. The zero-order chi connectivity index (χ0) is 71.6. The van der Waals surface area contributed by atoms with E-state index in [4.69, 9.17) is 108 Å². The van der Waals surface area contributed by atoms with E-state index in [1.807, 2.05) is 86.6 Å². The highest BCUT2D eigenvalue weighted by atomic mass is 16.6. The third-order valence-corrected chi connectivity index (χ3v) is 13.2. The Morgan fingerprint density at radius 3 is 1.47 bits per heavy atom. The van der Waals surface area contributed by atoms with Gasteiger partial charge in [0.25, 0.3) is 0 Å². The lowest BCUT2D eigenvalue weighted by Gasteiger charge is -2.22. The van der Waals surface area contributed by atoms with E-state index in [1.165, 1.54) is 32.1 Å². The predicted octanol–water partition coefficient (Wildman–Crippen LogP) is -0.776. The van der Waals surface area contributed by atoms with Crippen molar-refractivity contribution in [3.05, 3.63) is 114 Å². The van der Waals surface area contributed by atoms with Gasteiger partial charge in [0, 0.05) is 6.54 Å². The van der Waals surface area contributed by atoms with E-state index < -0.39 is 134 Å². The first-order chi connectivity index (χ1) is 44.1. The molecule has 32 nitrogen and oxygen atoms in total. The van der Waals surface area contributed by atoms with E-state index in [1.54, 1.807) is 24.3 Å². The van der Waals surface area contributed by atoms with Gasteiger partial charge >= 0.3 is 59.7 Å². The zero-order valence-corrected chi connectivity index (χ0v) is 52.6. The van der Waals surface area contributed by atoms with Gasteiger partial charge in [0.1, 0.15) is 66.7 Å². The maximum Gasteiger partial charge on any atom is 0.330 e. The zero-order valence-electron chi connectivity index (χ0n) is 52.6. The van der Waals surface area contributed by atoms with Crippen molar-refractivity contribution in [3.63, 3.8) is 0 Å². The van der Waals surface area contributed by atoms with E-state index in [0.29, 0.717) is 55.9 Å². The first-order valence-electron chi connectivity index (χ1n) is 29.6. The van der Waals surface area contributed by atoms with E-state index in [0.717, 1.165) is 21.9 Å². The number of carbonyl (C=O) groups excluding carboxylic acids is 4. The van der Waals surface area contributed by atoms with Gasteiger partial charge in [0.05, 0.1) is 13.0 Å². The van der Waals surface area contributed by atoms with Crippen molar-refractivity contribution in [1.82, 2.24) is 0 Å². The van der Waals surface area contributed by atoms with Gasteiger partial charge in [-0.3, -0.25) is 43.3 Å². The molecular formula is C62H94N12O20. The average Bonchev–Trinajstić information content (AvgIpc) is 0.898. The summed E-state index contributed by atoms with van der Waals surface area (Å²) in [6, 6.07) is 20.9. The van der Waals surface area contributed by atoms with Crippen LogP contribution in [0.1, 0.15) is 94.7 Å². The minimum Gasteiger partial charge on any atom is -0.480 e. The third-order valence-electron chi connectivity index (χ3n) is 13.2. The number of fused-ring (bicyclic) bond motifs is 1. The molecule has 0 bridgehead atoms. The molecule has 1 aliphatic rings. The molecule has 32 heteroatoms. The van der Waals surface area contributed by atoms with E-state index in [9.17, 15) is 47.9 Å². The molecule has 0 amide bonds. The molecule has 4 aromatic carbocycles. The smallest absolute Gasteiger partial charge is 0.330 e. The Labute approximate surface area is 543 Å². The number of rotatable bonds is 29. The number of carbonyl (C=O) groups is 10. The van der Waals surface area contributed by atoms with E-state index >= 15 is 0 Å². The van der Waals surface area contributed by atoms with Crippen LogP contribution in [0.25, 0.3) is 10.8 Å². The number of aliphatic carboxylic acids is 6. The Morgan fingerprint density at radius 2 is 0.979 bits per heavy atom. The van der Waals surface area contributed by atoms with Crippen LogP contribution in [0.15, 0.2) is 102 Å². The monoisotopic (exact) mass is 1330 g/mol.